The number of allylic oxidation sites excluding steroid dienone is 1. The van der Waals surface area contributed by atoms with Crippen LogP contribution in [-0.4, -0.2) is 20.3 Å². The van der Waals surface area contributed by atoms with Gasteiger partial charge in [-0.1, -0.05) is 73.4 Å². The molecule has 5 heteroatoms. The molecular formula is C24H30N2O2S. The van der Waals surface area contributed by atoms with Crippen molar-refractivity contribution in [2.75, 3.05) is 0 Å². The van der Waals surface area contributed by atoms with Crippen LogP contribution in [0.1, 0.15) is 55.6 Å². The van der Waals surface area contributed by atoms with E-state index in [1.165, 1.54) is 6.42 Å². The third-order valence-corrected chi connectivity index (χ3v) is 6.77. The van der Waals surface area contributed by atoms with E-state index in [1.54, 1.807) is 12.1 Å². The van der Waals surface area contributed by atoms with Crippen LogP contribution in [-0.2, 0) is 10.0 Å². The van der Waals surface area contributed by atoms with Crippen molar-refractivity contribution in [3.8, 4) is 0 Å². The van der Waals surface area contributed by atoms with Gasteiger partial charge in [0.1, 0.15) is 5.84 Å². The molecule has 3 rings (SSSR count). The molecule has 0 amide bonds. The molecule has 1 atom stereocenters. The number of aliphatic imine (C=N–C) groups is 1. The molecule has 29 heavy (non-hydrogen) atoms. The fourth-order valence-corrected chi connectivity index (χ4v) is 4.85. The summed E-state index contributed by atoms with van der Waals surface area (Å²) >= 11 is 0. The summed E-state index contributed by atoms with van der Waals surface area (Å²) in [5, 5.41) is 0. The second-order valence-electron chi connectivity index (χ2n) is 7.71. The minimum Gasteiger partial charge on any atom is -0.268 e. The molecule has 0 bridgehead atoms. The third kappa shape index (κ3) is 5.80. The standard InChI is InChI=1S/C24H30N2O2S/c1-3-10-23(20-11-6-4-7-12-20)24(25-21-13-8-5-9-14-21)26-29(27,28)22-17-15-19(2)16-18-22/h3-4,6-7,11-12,15-18,21,23H,1,5,8-10,13-14H2,2H3,(H,25,26). The molecule has 1 aliphatic carbocycles. The predicted octanol–water partition coefficient (Wildman–Crippen LogP) is 5.36. The Kier molecular flexibility index (Phi) is 7.26. The number of benzene rings is 2. The summed E-state index contributed by atoms with van der Waals surface area (Å²) in [6.07, 6.45) is 7.97. The molecule has 154 valence electrons. The van der Waals surface area contributed by atoms with Gasteiger partial charge in [-0.25, -0.2) is 8.42 Å². The highest BCUT2D eigenvalue weighted by Crippen LogP contribution is 2.26. The Hall–Kier alpha value is -2.40. The van der Waals surface area contributed by atoms with E-state index in [-0.39, 0.29) is 16.9 Å². The van der Waals surface area contributed by atoms with Crippen LogP contribution in [0.5, 0.6) is 0 Å². The first-order chi connectivity index (χ1) is 14.0. The molecule has 1 unspecified atom stereocenters. The SMILES string of the molecule is C=CCC(C(=NC1CCCCC1)NS(=O)(=O)c1ccc(C)cc1)c1ccccc1. The summed E-state index contributed by atoms with van der Waals surface area (Å²) in [4.78, 5) is 5.19. The van der Waals surface area contributed by atoms with E-state index in [4.69, 9.17) is 4.99 Å². The quantitative estimate of drug-likeness (QED) is 0.379. The van der Waals surface area contributed by atoms with Crippen LogP contribution in [0.2, 0.25) is 0 Å². The Morgan fingerprint density at radius 1 is 1.10 bits per heavy atom. The van der Waals surface area contributed by atoms with E-state index in [0.717, 1.165) is 36.8 Å². The minimum absolute atomic E-state index is 0.162. The summed E-state index contributed by atoms with van der Waals surface area (Å²) < 4.78 is 29.1. The average molecular weight is 411 g/mol. The summed E-state index contributed by atoms with van der Waals surface area (Å²) in [6, 6.07) is 17.0. The highest BCUT2D eigenvalue weighted by molar-refractivity contribution is 7.90. The van der Waals surface area contributed by atoms with Gasteiger partial charge in [-0.3, -0.25) is 9.71 Å². The van der Waals surface area contributed by atoms with E-state index in [2.05, 4.69) is 11.3 Å². The van der Waals surface area contributed by atoms with Gasteiger partial charge in [-0.05, 0) is 43.9 Å². The summed E-state index contributed by atoms with van der Waals surface area (Å²) in [5.41, 5.74) is 2.06. The zero-order valence-electron chi connectivity index (χ0n) is 17.0. The molecule has 0 heterocycles. The fraction of sp³-hybridized carbons (Fsp3) is 0.375. The molecule has 1 fully saturated rings. The Bertz CT molecular complexity index is 929. The summed E-state index contributed by atoms with van der Waals surface area (Å²) in [7, 11) is -3.71. The molecule has 0 saturated heterocycles. The van der Waals surface area contributed by atoms with Gasteiger partial charge < -0.3 is 0 Å². The molecule has 2 aromatic rings. The first kappa shape index (κ1) is 21.3. The van der Waals surface area contributed by atoms with E-state index in [9.17, 15) is 8.42 Å². The second kappa shape index (κ2) is 9.88. The largest absolute Gasteiger partial charge is 0.268 e. The van der Waals surface area contributed by atoms with Gasteiger partial charge in [0.15, 0.2) is 0 Å². The zero-order valence-corrected chi connectivity index (χ0v) is 17.9. The van der Waals surface area contributed by atoms with Crippen LogP contribution in [0.15, 0.2) is 77.1 Å². The number of hydrogen-bond acceptors (Lipinski definition) is 3. The number of sulfonamides is 1. The molecular weight excluding hydrogens is 380 g/mol. The van der Waals surface area contributed by atoms with Crippen molar-refractivity contribution in [2.45, 2.75) is 62.3 Å². The number of hydrogen-bond donors (Lipinski definition) is 1. The predicted molar refractivity (Wildman–Crippen MR) is 120 cm³/mol. The monoisotopic (exact) mass is 410 g/mol. The van der Waals surface area contributed by atoms with E-state index in [0.29, 0.717) is 12.3 Å². The van der Waals surface area contributed by atoms with E-state index in [1.807, 2.05) is 55.5 Å². The Labute approximate surface area is 174 Å². The lowest BCUT2D eigenvalue weighted by Gasteiger charge is -2.24. The number of rotatable bonds is 7. The number of amidine groups is 1. The Balaban J connectivity index is 1.98. The van der Waals surface area contributed by atoms with Gasteiger partial charge in [0.2, 0.25) is 0 Å². The van der Waals surface area contributed by atoms with Crippen LogP contribution < -0.4 is 4.72 Å². The van der Waals surface area contributed by atoms with Gasteiger partial charge in [-0.2, -0.15) is 0 Å². The number of aryl methyl sites for hydroxylation is 1. The van der Waals surface area contributed by atoms with Crippen LogP contribution in [0.4, 0.5) is 0 Å². The first-order valence-electron chi connectivity index (χ1n) is 10.3. The molecule has 1 N–H and O–H groups in total. The van der Waals surface area contributed by atoms with Crippen molar-refractivity contribution in [3.05, 3.63) is 78.4 Å². The normalized spacial score (nSPS) is 16.9. The topological polar surface area (TPSA) is 58.5 Å². The first-order valence-corrected chi connectivity index (χ1v) is 11.8. The second-order valence-corrected chi connectivity index (χ2v) is 9.39. The van der Waals surface area contributed by atoms with Gasteiger partial charge in [-0.15, -0.1) is 6.58 Å². The zero-order chi connectivity index (χ0) is 20.7. The third-order valence-electron chi connectivity index (χ3n) is 5.40. The molecule has 0 spiro atoms. The highest BCUT2D eigenvalue weighted by Gasteiger charge is 2.25. The molecule has 2 aromatic carbocycles. The van der Waals surface area contributed by atoms with Gasteiger partial charge in [0.25, 0.3) is 10.0 Å². The lowest BCUT2D eigenvalue weighted by molar-refractivity contribution is 0.441. The van der Waals surface area contributed by atoms with Gasteiger partial charge in [0, 0.05) is 5.92 Å². The summed E-state index contributed by atoms with van der Waals surface area (Å²) in [6.45, 7) is 5.83. The van der Waals surface area contributed by atoms with Crippen LogP contribution >= 0.6 is 0 Å². The Morgan fingerprint density at radius 2 is 1.76 bits per heavy atom. The molecule has 4 nitrogen and oxygen atoms in total. The van der Waals surface area contributed by atoms with Crippen molar-refractivity contribution in [1.82, 2.24) is 4.72 Å². The van der Waals surface area contributed by atoms with E-state index < -0.39 is 10.0 Å². The highest BCUT2D eigenvalue weighted by atomic mass is 32.2. The fourth-order valence-electron chi connectivity index (χ4n) is 3.77. The smallest absolute Gasteiger partial charge is 0.262 e. The maximum absolute atomic E-state index is 13.1. The van der Waals surface area contributed by atoms with Crippen molar-refractivity contribution >= 4 is 15.9 Å². The maximum atomic E-state index is 13.1. The van der Waals surface area contributed by atoms with E-state index >= 15 is 0 Å². The minimum atomic E-state index is -3.71. The van der Waals surface area contributed by atoms with Gasteiger partial charge in [0.05, 0.1) is 10.9 Å². The molecule has 1 aliphatic rings. The van der Waals surface area contributed by atoms with Crippen LogP contribution in [0.25, 0.3) is 0 Å². The lowest BCUT2D eigenvalue weighted by atomic mass is 9.93. The van der Waals surface area contributed by atoms with Crippen LogP contribution in [0, 0.1) is 6.92 Å². The van der Waals surface area contributed by atoms with Crippen molar-refractivity contribution < 1.29 is 8.42 Å². The van der Waals surface area contributed by atoms with Crippen molar-refractivity contribution in [1.29, 1.82) is 0 Å². The van der Waals surface area contributed by atoms with Gasteiger partial charge >= 0.3 is 0 Å². The lowest BCUT2D eigenvalue weighted by Crippen LogP contribution is -2.36. The Morgan fingerprint density at radius 3 is 2.38 bits per heavy atom. The maximum Gasteiger partial charge on any atom is 0.262 e. The molecule has 0 aliphatic heterocycles. The van der Waals surface area contributed by atoms with Crippen LogP contribution in [0.3, 0.4) is 0 Å². The number of nitrogens with zero attached hydrogens (tertiary/aromatic N) is 1. The van der Waals surface area contributed by atoms with Crippen molar-refractivity contribution in [3.63, 3.8) is 0 Å². The molecule has 1 saturated carbocycles. The summed E-state index contributed by atoms with van der Waals surface area (Å²) in [5.74, 6) is 0.347. The molecule has 0 aromatic heterocycles. The molecule has 0 radical (unpaired) electrons. The number of nitrogens with one attached hydrogen (secondary N) is 1. The van der Waals surface area contributed by atoms with Crippen molar-refractivity contribution in [2.24, 2.45) is 4.99 Å². The average Bonchev–Trinajstić information content (AvgIpc) is 2.73.